The number of hydrogen-bond donors (Lipinski definition) is 0. The van der Waals surface area contributed by atoms with Crippen LogP contribution in [-0.2, 0) is 16.2 Å². The Hall–Kier alpha value is -1.45. The van der Waals surface area contributed by atoms with E-state index < -0.39 is 19.5 Å². The fraction of sp³-hybridized carbons (Fsp3) is 0.636. The number of nitrogens with zero attached hydrogens (tertiary/aromatic N) is 3. The average Bonchev–Trinajstić information content (AvgIpc) is 3.24. The molecule has 31 heavy (non-hydrogen) atoms. The molecule has 172 valence electrons. The van der Waals surface area contributed by atoms with E-state index in [4.69, 9.17) is 9.47 Å². The Morgan fingerprint density at radius 3 is 2.68 bits per heavy atom. The van der Waals surface area contributed by atoms with Gasteiger partial charge in [-0.15, -0.1) is 0 Å². The van der Waals surface area contributed by atoms with E-state index >= 15 is 0 Å². The topological polar surface area (TPSA) is 56.6 Å². The molecule has 6 nitrogen and oxygen atoms in total. The van der Waals surface area contributed by atoms with Gasteiger partial charge in [-0.05, 0) is 67.7 Å². The highest BCUT2D eigenvalue weighted by Crippen LogP contribution is 2.36. The lowest BCUT2D eigenvalue weighted by Gasteiger charge is -2.28. The number of carbonyl (C=O) groups is 1. The molecular formula is C22H33BrFN3O3Si. The number of hydrogen-bond acceptors (Lipinski definition) is 4. The zero-order valence-electron chi connectivity index (χ0n) is 19.3. The largest absolute Gasteiger partial charge is 0.444 e. The van der Waals surface area contributed by atoms with Crippen molar-refractivity contribution in [1.82, 2.24) is 14.5 Å². The molecular weight excluding hydrogens is 481 g/mol. The maximum absolute atomic E-state index is 14.8. The predicted octanol–water partition coefficient (Wildman–Crippen LogP) is 6.32. The highest BCUT2D eigenvalue weighted by molar-refractivity contribution is 9.10. The van der Waals surface area contributed by atoms with Gasteiger partial charge in [-0.3, -0.25) is 4.90 Å². The minimum atomic E-state index is -1.22. The number of likely N-dealkylation sites (tertiary alicyclic amines) is 1. The van der Waals surface area contributed by atoms with Crippen molar-refractivity contribution in [2.24, 2.45) is 0 Å². The number of fused-ring (bicyclic) bond motifs is 1. The van der Waals surface area contributed by atoms with Gasteiger partial charge in [0.25, 0.3) is 0 Å². The molecule has 1 aliphatic heterocycles. The van der Waals surface area contributed by atoms with Gasteiger partial charge >= 0.3 is 6.09 Å². The number of rotatable bonds is 6. The standard InChI is InChI=1S/C22H33BrFN3O3Si/c1-22(2,3)30-21(28)26-11-7-8-17(26)20-25-19-16(10-9-15(23)18(19)24)27(20)14-29-12-13-31(4,5)6/h9-10,17H,7-8,11-14H2,1-6H3. The summed E-state index contributed by atoms with van der Waals surface area (Å²) in [4.78, 5) is 19.2. The van der Waals surface area contributed by atoms with Gasteiger partial charge in [-0.25, -0.2) is 14.2 Å². The molecule has 1 unspecified atom stereocenters. The molecule has 9 heteroatoms. The molecule has 0 spiro atoms. The Bertz CT molecular complexity index is 952. The van der Waals surface area contributed by atoms with Gasteiger partial charge in [-0.2, -0.15) is 0 Å². The van der Waals surface area contributed by atoms with Gasteiger partial charge in [0.1, 0.15) is 23.7 Å². The van der Waals surface area contributed by atoms with E-state index in [2.05, 4.69) is 40.6 Å². The summed E-state index contributed by atoms with van der Waals surface area (Å²) in [5.41, 5.74) is 0.371. The van der Waals surface area contributed by atoms with Crippen molar-refractivity contribution >= 4 is 41.1 Å². The van der Waals surface area contributed by atoms with Crippen molar-refractivity contribution in [3.63, 3.8) is 0 Å². The predicted molar refractivity (Wildman–Crippen MR) is 126 cm³/mol. The first kappa shape index (κ1) is 24.2. The summed E-state index contributed by atoms with van der Waals surface area (Å²) in [6, 6.07) is 4.29. The van der Waals surface area contributed by atoms with Crippen LogP contribution in [0.5, 0.6) is 0 Å². The number of ether oxygens (including phenoxy) is 2. The molecule has 1 amide bonds. The minimum Gasteiger partial charge on any atom is -0.444 e. The SMILES string of the molecule is CC(C)(C)OC(=O)N1CCCC1c1nc2c(F)c(Br)ccc2n1COCC[Si](C)(C)C. The van der Waals surface area contributed by atoms with E-state index in [-0.39, 0.29) is 24.4 Å². The average molecular weight is 515 g/mol. The van der Waals surface area contributed by atoms with Crippen molar-refractivity contribution in [1.29, 1.82) is 0 Å². The molecule has 1 fully saturated rings. The first-order valence-corrected chi connectivity index (χ1v) is 15.3. The van der Waals surface area contributed by atoms with Gasteiger partial charge in [-0.1, -0.05) is 19.6 Å². The molecule has 1 saturated heterocycles. The molecule has 1 aromatic carbocycles. The summed E-state index contributed by atoms with van der Waals surface area (Å²) in [6.45, 7) is 14.0. The minimum absolute atomic E-state index is 0.274. The van der Waals surface area contributed by atoms with E-state index in [9.17, 15) is 9.18 Å². The third-order valence-electron chi connectivity index (χ3n) is 5.24. The summed E-state index contributed by atoms with van der Waals surface area (Å²) in [7, 11) is -1.22. The fourth-order valence-corrected chi connectivity index (χ4v) is 4.73. The number of imidazole rings is 1. The molecule has 1 aliphatic rings. The second kappa shape index (κ2) is 9.19. The summed E-state index contributed by atoms with van der Waals surface area (Å²) in [5, 5.41) is 0. The van der Waals surface area contributed by atoms with E-state index in [0.29, 0.717) is 29.0 Å². The first-order valence-electron chi connectivity index (χ1n) is 10.8. The Morgan fingerprint density at radius 2 is 2.03 bits per heavy atom. The lowest BCUT2D eigenvalue weighted by Crippen LogP contribution is -2.37. The number of aromatic nitrogens is 2. The summed E-state index contributed by atoms with van der Waals surface area (Å²) >= 11 is 3.25. The molecule has 2 aromatic rings. The third-order valence-corrected chi connectivity index (χ3v) is 7.55. The summed E-state index contributed by atoms with van der Waals surface area (Å²) in [6.07, 6.45) is 1.23. The van der Waals surface area contributed by atoms with Gasteiger partial charge in [0.05, 0.1) is 16.0 Å². The normalized spacial score (nSPS) is 17.5. The van der Waals surface area contributed by atoms with E-state index in [1.807, 2.05) is 31.4 Å². The molecule has 1 aromatic heterocycles. The van der Waals surface area contributed by atoms with Crippen LogP contribution in [0.1, 0.15) is 45.5 Å². The molecule has 0 aliphatic carbocycles. The van der Waals surface area contributed by atoms with Gasteiger partial charge in [0.2, 0.25) is 0 Å². The van der Waals surface area contributed by atoms with E-state index in [1.165, 1.54) is 0 Å². The Balaban J connectivity index is 1.94. The van der Waals surface area contributed by atoms with Crippen molar-refractivity contribution in [3.8, 4) is 0 Å². The molecule has 1 atom stereocenters. The molecule has 0 radical (unpaired) electrons. The van der Waals surface area contributed by atoms with Gasteiger partial charge in [0, 0.05) is 21.2 Å². The first-order chi connectivity index (χ1) is 14.4. The van der Waals surface area contributed by atoms with Crippen LogP contribution in [0, 0.1) is 5.82 Å². The fourth-order valence-electron chi connectivity index (χ4n) is 3.65. The summed E-state index contributed by atoms with van der Waals surface area (Å²) in [5.74, 6) is 0.241. The second-order valence-corrected chi connectivity index (χ2v) is 16.8. The van der Waals surface area contributed by atoms with Crippen molar-refractivity contribution in [2.45, 2.75) is 77.7 Å². The Kier molecular flexibility index (Phi) is 7.17. The second-order valence-electron chi connectivity index (χ2n) is 10.3. The Morgan fingerprint density at radius 1 is 1.32 bits per heavy atom. The van der Waals surface area contributed by atoms with Crippen LogP contribution in [0.2, 0.25) is 25.7 Å². The van der Waals surface area contributed by atoms with Crippen LogP contribution in [0.3, 0.4) is 0 Å². The molecule has 2 heterocycles. The third kappa shape index (κ3) is 5.87. The zero-order chi connectivity index (χ0) is 23.0. The lowest BCUT2D eigenvalue weighted by molar-refractivity contribution is 0.0205. The van der Waals surface area contributed by atoms with Crippen LogP contribution in [0.15, 0.2) is 16.6 Å². The van der Waals surface area contributed by atoms with Crippen LogP contribution in [-0.4, -0.2) is 47.4 Å². The number of halogens is 2. The maximum Gasteiger partial charge on any atom is 0.410 e. The lowest BCUT2D eigenvalue weighted by atomic mass is 10.2. The summed E-state index contributed by atoms with van der Waals surface area (Å²) < 4.78 is 28.7. The van der Waals surface area contributed by atoms with Crippen LogP contribution >= 0.6 is 15.9 Å². The zero-order valence-corrected chi connectivity index (χ0v) is 21.9. The number of amides is 1. The highest BCUT2D eigenvalue weighted by atomic mass is 79.9. The van der Waals surface area contributed by atoms with Crippen LogP contribution in [0.4, 0.5) is 9.18 Å². The number of carbonyl (C=O) groups excluding carboxylic acids is 1. The molecule has 0 bridgehead atoms. The maximum atomic E-state index is 14.8. The molecule has 3 rings (SSSR count). The highest BCUT2D eigenvalue weighted by Gasteiger charge is 2.36. The van der Waals surface area contributed by atoms with Crippen molar-refractivity contribution < 1.29 is 18.7 Å². The monoisotopic (exact) mass is 513 g/mol. The molecule has 0 N–H and O–H groups in total. The Labute approximate surface area is 193 Å². The smallest absolute Gasteiger partial charge is 0.410 e. The van der Waals surface area contributed by atoms with Crippen LogP contribution < -0.4 is 0 Å². The molecule has 0 saturated carbocycles. The van der Waals surface area contributed by atoms with E-state index in [1.54, 1.807) is 11.0 Å². The van der Waals surface area contributed by atoms with Gasteiger partial charge < -0.3 is 14.0 Å². The van der Waals surface area contributed by atoms with Crippen molar-refractivity contribution in [3.05, 3.63) is 28.2 Å². The van der Waals surface area contributed by atoms with Crippen LogP contribution in [0.25, 0.3) is 11.0 Å². The van der Waals surface area contributed by atoms with Crippen molar-refractivity contribution in [2.75, 3.05) is 13.2 Å². The van der Waals surface area contributed by atoms with Gasteiger partial charge in [0.15, 0.2) is 5.82 Å². The number of benzene rings is 1. The van der Waals surface area contributed by atoms with E-state index in [0.717, 1.165) is 18.9 Å². The quantitative estimate of drug-likeness (QED) is 0.334.